The average molecular weight is 184 g/mol. The van der Waals surface area contributed by atoms with Crippen LogP contribution in [0.4, 0.5) is 0 Å². The Bertz CT molecular complexity index is 146. The molecule has 0 aromatic carbocycles. The Morgan fingerprint density at radius 3 is 2.23 bits per heavy atom. The Kier molecular flexibility index (Phi) is 8.83. The standard InChI is InChI=1S/C9H20N4/c1-3-7-13(8-4-2)9-5-6-11-12-10/h3-9H2,1-2H3. The Balaban J connectivity index is 3.48. The highest BCUT2D eigenvalue weighted by Crippen LogP contribution is 1.96. The average Bonchev–Trinajstić information content (AvgIpc) is 2.13. The van der Waals surface area contributed by atoms with Crippen molar-refractivity contribution < 1.29 is 0 Å². The van der Waals surface area contributed by atoms with Gasteiger partial charge in [-0.05, 0) is 44.4 Å². The maximum absolute atomic E-state index is 8.08. The van der Waals surface area contributed by atoms with Crippen LogP contribution in [0.1, 0.15) is 33.1 Å². The monoisotopic (exact) mass is 184 g/mol. The van der Waals surface area contributed by atoms with Crippen LogP contribution in [0.2, 0.25) is 0 Å². The van der Waals surface area contributed by atoms with E-state index in [0.717, 1.165) is 26.1 Å². The molecule has 0 bridgehead atoms. The van der Waals surface area contributed by atoms with Crippen LogP contribution in [-0.4, -0.2) is 31.1 Å². The van der Waals surface area contributed by atoms with Gasteiger partial charge in [-0.3, -0.25) is 0 Å². The highest BCUT2D eigenvalue weighted by molar-refractivity contribution is 4.57. The fraction of sp³-hybridized carbons (Fsp3) is 1.00. The lowest BCUT2D eigenvalue weighted by molar-refractivity contribution is 0.273. The summed E-state index contributed by atoms with van der Waals surface area (Å²) in [6.07, 6.45) is 3.37. The molecule has 4 nitrogen and oxygen atoms in total. The summed E-state index contributed by atoms with van der Waals surface area (Å²) in [6.45, 7) is 8.38. The Morgan fingerprint density at radius 2 is 1.77 bits per heavy atom. The zero-order chi connectivity index (χ0) is 9.94. The third-order valence-electron chi connectivity index (χ3n) is 1.88. The van der Waals surface area contributed by atoms with E-state index in [1.54, 1.807) is 0 Å². The largest absolute Gasteiger partial charge is 0.303 e. The van der Waals surface area contributed by atoms with Crippen LogP contribution in [0, 0.1) is 0 Å². The second kappa shape index (κ2) is 9.36. The summed E-state index contributed by atoms with van der Waals surface area (Å²) in [5, 5.41) is 3.52. The number of rotatable bonds is 8. The van der Waals surface area contributed by atoms with Gasteiger partial charge in [0.15, 0.2) is 0 Å². The molecule has 4 heteroatoms. The second-order valence-electron chi connectivity index (χ2n) is 3.15. The van der Waals surface area contributed by atoms with Crippen LogP contribution in [0.15, 0.2) is 5.11 Å². The fourth-order valence-electron chi connectivity index (χ4n) is 1.38. The molecule has 0 N–H and O–H groups in total. The van der Waals surface area contributed by atoms with Crippen molar-refractivity contribution in [3.63, 3.8) is 0 Å². The first-order valence-corrected chi connectivity index (χ1v) is 5.08. The van der Waals surface area contributed by atoms with E-state index in [1.807, 2.05) is 0 Å². The van der Waals surface area contributed by atoms with Crippen molar-refractivity contribution in [2.75, 3.05) is 26.2 Å². The van der Waals surface area contributed by atoms with Crippen molar-refractivity contribution in [1.29, 1.82) is 0 Å². The van der Waals surface area contributed by atoms with Crippen LogP contribution in [0.5, 0.6) is 0 Å². The predicted molar refractivity (Wildman–Crippen MR) is 55.7 cm³/mol. The predicted octanol–water partition coefficient (Wildman–Crippen LogP) is 2.81. The van der Waals surface area contributed by atoms with Gasteiger partial charge in [0.25, 0.3) is 0 Å². The minimum absolute atomic E-state index is 0.625. The van der Waals surface area contributed by atoms with E-state index in [-0.39, 0.29) is 0 Å². The van der Waals surface area contributed by atoms with Crippen LogP contribution in [0.3, 0.4) is 0 Å². The van der Waals surface area contributed by atoms with E-state index >= 15 is 0 Å². The van der Waals surface area contributed by atoms with E-state index < -0.39 is 0 Å². The van der Waals surface area contributed by atoms with Gasteiger partial charge in [-0.2, -0.15) is 0 Å². The topological polar surface area (TPSA) is 52.0 Å². The molecule has 0 atom stereocenters. The molecule has 0 aromatic rings. The zero-order valence-electron chi connectivity index (χ0n) is 8.74. The summed E-state index contributed by atoms with van der Waals surface area (Å²) >= 11 is 0. The lowest BCUT2D eigenvalue weighted by Crippen LogP contribution is -2.26. The Labute approximate surface area is 80.6 Å². The summed E-state index contributed by atoms with van der Waals surface area (Å²) in [5.74, 6) is 0. The Hall–Kier alpha value is -0.730. The third kappa shape index (κ3) is 7.62. The van der Waals surface area contributed by atoms with E-state index in [4.69, 9.17) is 5.53 Å². The number of nitrogens with zero attached hydrogens (tertiary/aromatic N) is 4. The first kappa shape index (κ1) is 12.3. The molecular formula is C9H20N4. The molecule has 0 aliphatic heterocycles. The molecule has 0 amide bonds. The van der Waals surface area contributed by atoms with Gasteiger partial charge in [0.1, 0.15) is 0 Å². The fourth-order valence-corrected chi connectivity index (χ4v) is 1.38. The lowest BCUT2D eigenvalue weighted by Gasteiger charge is -2.19. The molecule has 0 aromatic heterocycles. The maximum Gasteiger partial charge on any atom is 0.0270 e. The highest BCUT2D eigenvalue weighted by atomic mass is 15.1. The maximum atomic E-state index is 8.08. The molecule has 0 unspecified atom stereocenters. The van der Waals surface area contributed by atoms with Gasteiger partial charge in [0.05, 0.1) is 0 Å². The van der Waals surface area contributed by atoms with Crippen molar-refractivity contribution in [3.8, 4) is 0 Å². The SMILES string of the molecule is CCCN(CCC)CCCN=[N+]=[N-]. The first-order valence-electron chi connectivity index (χ1n) is 5.08. The summed E-state index contributed by atoms with van der Waals surface area (Å²) in [6, 6.07) is 0. The molecule has 0 heterocycles. The van der Waals surface area contributed by atoms with Gasteiger partial charge in [-0.25, -0.2) is 0 Å². The van der Waals surface area contributed by atoms with Crippen LogP contribution < -0.4 is 0 Å². The highest BCUT2D eigenvalue weighted by Gasteiger charge is 2.00. The van der Waals surface area contributed by atoms with E-state index in [2.05, 4.69) is 28.8 Å². The summed E-state index contributed by atoms with van der Waals surface area (Å²) in [5.41, 5.74) is 8.08. The molecule has 0 aliphatic rings. The van der Waals surface area contributed by atoms with Crippen molar-refractivity contribution in [2.45, 2.75) is 33.1 Å². The van der Waals surface area contributed by atoms with Crippen molar-refractivity contribution >= 4 is 0 Å². The summed E-state index contributed by atoms with van der Waals surface area (Å²) < 4.78 is 0. The number of hydrogen-bond donors (Lipinski definition) is 0. The van der Waals surface area contributed by atoms with Gasteiger partial charge in [0, 0.05) is 11.5 Å². The van der Waals surface area contributed by atoms with Crippen molar-refractivity contribution in [2.24, 2.45) is 5.11 Å². The molecule has 13 heavy (non-hydrogen) atoms. The van der Waals surface area contributed by atoms with Crippen molar-refractivity contribution in [3.05, 3.63) is 10.4 Å². The second-order valence-corrected chi connectivity index (χ2v) is 3.15. The van der Waals surface area contributed by atoms with Gasteiger partial charge >= 0.3 is 0 Å². The van der Waals surface area contributed by atoms with E-state index in [9.17, 15) is 0 Å². The lowest BCUT2D eigenvalue weighted by atomic mass is 10.3. The van der Waals surface area contributed by atoms with Crippen molar-refractivity contribution in [1.82, 2.24) is 4.90 Å². The van der Waals surface area contributed by atoms with E-state index in [1.165, 1.54) is 12.8 Å². The molecule has 0 radical (unpaired) electrons. The van der Waals surface area contributed by atoms with Crippen LogP contribution in [0.25, 0.3) is 10.4 Å². The number of hydrogen-bond acceptors (Lipinski definition) is 2. The summed E-state index contributed by atoms with van der Waals surface area (Å²) in [4.78, 5) is 5.15. The van der Waals surface area contributed by atoms with Gasteiger partial charge in [0.2, 0.25) is 0 Å². The molecule has 76 valence electrons. The van der Waals surface area contributed by atoms with Crippen LogP contribution in [-0.2, 0) is 0 Å². The normalized spacial score (nSPS) is 10.1. The zero-order valence-corrected chi connectivity index (χ0v) is 8.74. The van der Waals surface area contributed by atoms with Gasteiger partial charge in [-0.1, -0.05) is 19.0 Å². The molecular weight excluding hydrogens is 164 g/mol. The smallest absolute Gasteiger partial charge is 0.0270 e. The summed E-state index contributed by atoms with van der Waals surface area (Å²) in [7, 11) is 0. The van der Waals surface area contributed by atoms with Gasteiger partial charge < -0.3 is 4.90 Å². The third-order valence-corrected chi connectivity index (χ3v) is 1.88. The number of azide groups is 1. The van der Waals surface area contributed by atoms with E-state index in [0.29, 0.717) is 6.54 Å². The van der Waals surface area contributed by atoms with Crippen LogP contribution >= 0.6 is 0 Å². The molecule has 0 saturated carbocycles. The molecule has 0 fully saturated rings. The van der Waals surface area contributed by atoms with Gasteiger partial charge in [-0.15, -0.1) is 0 Å². The molecule has 0 aliphatic carbocycles. The minimum Gasteiger partial charge on any atom is -0.303 e. The molecule has 0 spiro atoms. The first-order chi connectivity index (χ1) is 6.35. The quantitative estimate of drug-likeness (QED) is 0.248. The Morgan fingerprint density at radius 1 is 1.15 bits per heavy atom. The molecule has 0 saturated heterocycles. The minimum atomic E-state index is 0.625. The molecule has 0 rings (SSSR count).